The van der Waals surface area contributed by atoms with Crippen molar-refractivity contribution < 1.29 is 9.84 Å². The second kappa shape index (κ2) is 5.06. The Kier molecular flexibility index (Phi) is 3.63. The highest BCUT2D eigenvalue weighted by Crippen LogP contribution is 2.35. The van der Waals surface area contributed by atoms with Gasteiger partial charge in [-0.05, 0) is 19.8 Å². The number of aliphatic hydroxyl groups is 1. The fraction of sp³-hybridized carbons (Fsp3) is 0.636. The monoisotopic (exact) mass is 269 g/mol. The van der Waals surface area contributed by atoms with Crippen molar-refractivity contribution in [2.24, 2.45) is 5.18 Å². The third kappa shape index (κ3) is 2.49. The van der Waals surface area contributed by atoms with Crippen LogP contribution in [0.5, 0.6) is 0 Å². The van der Waals surface area contributed by atoms with Gasteiger partial charge in [0, 0.05) is 11.8 Å². The highest BCUT2D eigenvalue weighted by molar-refractivity contribution is 5.02. The minimum Gasteiger partial charge on any atom is -0.393 e. The van der Waals surface area contributed by atoms with Crippen molar-refractivity contribution in [3.63, 3.8) is 0 Å². The molecule has 1 aromatic rings. The van der Waals surface area contributed by atoms with Crippen LogP contribution >= 0.6 is 0 Å². The van der Waals surface area contributed by atoms with Crippen LogP contribution in [-0.4, -0.2) is 33.4 Å². The van der Waals surface area contributed by atoms with E-state index < -0.39 is 23.1 Å². The summed E-state index contributed by atoms with van der Waals surface area (Å²) in [4.78, 5) is 35.6. The molecule has 2 rings (SSSR count). The van der Waals surface area contributed by atoms with Crippen LogP contribution in [0.3, 0.4) is 0 Å². The number of rotatable bonds is 4. The molecule has 0 amide bonds. The van der Waals surface area contributed by atoms with Gasteiger partial charge in [-0.1, -0.05) is 5.18 Å². The number of aliphatic hydroxyl groups excluding tert-OH is 1. The predicted octanol–water partition coefficient (Wildman–Crippen LogP) is -0.348. The summed E-state index contributed by atoms with van der Waals surface area (Å²) in [6.45, 7) is 1.07. The number of aromatic nitrogens is 2. The lowest BCUT2D eigenvalue weighted by Crippen LogP contribution is -2.38. The van der Waals surface area contributed by atoms with Gasteiger partial charge in [0.2, 0.25) is 0 Å². The quantitative estimate of drug-likeness (QED) is 0.725. The Morgan fingerprint density at radius 2 is 2.37 bits per heavy atom. The molecular weight excluding hydrogens is 254 g/mol. The van der Waals surface area contributed by atoms with Crippen molar-refractivity contribution in [1.29, 1.82) is 0 Å². The van der Waals surface area contributed by atoms with Gasteiger partial charge in [0.15, 0.2) is 0 Å². The van der Waals surface area contributed by atoms with E-state index in [-0.39, 0.29) is 13.2 Å². The van der Waals surface area contributed by atoms with Crippen molar-refractivity contribution in [3.05, 3.63) is 37.5 Å². The molecule has 1 saturated heterocycles. The fourth-order valence-corrected chi connectivity index (χ4v) is 2.19. The standard InChI is InChI=1S/C11H15N3O5/c1-7-4-14(10(17)13-9(7)16)8-2-3-11(6-15,19-8)5-12-18/h4,8,15H,2-3,5-6H2,1H3,(H,13,16,17)/t8-,11-/m1/s1. The van der Waals surface area contributed by atoms with Crippen LogP contribution in [0.2, 0.25) is 0 Å². The minimum atomic E-state index is -1.03. The average Bonchev–Trinajstić information content (AvgIpc) is 2.79. The molecule has 0 saturated carbocycles. The molecule has 0 aliphatic carbocycles. The van der Waals surface area contributed by atoms with E-state index in [4.69, 9.17) is 4.74 Å². The Labute approximate surface area is 108 Å². The number of H-pyrrole nitrogens is 1. The van der Waals surface area contributed by atoms with Crippen molar-refractivity contribution in [1.82, 2.24) is 9.55 Å². The predicted molar refractivity (Wildman–Crippen MR) is 65.9 cm³/mol. The first-order valence-corrected chi connectivity index (χ1v) is 5.91. The van der Waals surface area contributed by atoms with Crippen LogP contribution < -0.4 is 11.2 Å². The first kappa shape index (κ1) is 13.6. The SMILES string of the molecule is Cc1cn([C@H]2CC[C@](CO)(CN=O)O2)c(=O)[nH]c1=O. The molecule has 1 aliphatic rings. The van der Waals surface area contributed by atoms with Crippen molar-refractivity contribution >= 4 is 0 Å². The van der Waals surface area contributed by atoms with Crippen molar-refractivity contribution in [3.8, 4) is 0 Å². The van der Waals surface area contributed by atoms with Crippen LogP contribution in [0.15, 0.2) is 21.0 Å². The summed E-state index contributed by atoms with van der Waals surface area (Å²) in [7, 11) is 0. The van der Waals surface area contributed by atoms with Crippen LogP contribution in [-0.2, 0) is 4.74 Å². The van der Waals surface area contributed by atoms with Crippen LogP contribution in [0, 0.1) is 11.8 Å². The van der Waals surface area contributed by atoms with Crippen molar-refractivity contribution in [2.75, 3.05) is 13.2 Å². The minimum absolute atomic E-state index is 0.170. The molecule has 1 fully saturated rings. The lowest BCUT2D eigenvalue weighted by molar-refractivity contribution is -0.0933. The molecule has 19 heavy (non-hydrogen) atoms. The van der Waals surface area contributed by atoms with E-state index in [1.54, 1.807) is 6.92 Å². The van der Waals surface area contributed by atoms with Gasteiger partial charge in [-0.2, -0.15) is 4.91 Å². The highest BCUT2D eigenvalue weighted by atomic mass is 16.5. The first-order chi connectivity index (χ1) is 9.01. The number of hydrogen-bond donors (Lipinski definition) is 2. The molecule has 8 nitrogen and oxygen atoms in total. The van der Waals surface area contributed by atoms with Gasteiger partial charge >= 0.3 is 5.69 Å². The summed E-state index contributed by atoms with van der Waals surface area (Å²) in [6.07, 6.45) is 1.68. The van der Waals surface area contributed by atoms with Crippen molar-refractivity contribution in [2.45, 2.75) is 31.6 Å². The smallest absolute Gasteiger partial charge is 0.330 e. The molecule has 0 unspecified atom stereocenters. The van der Waals surface area contributed by atoms with Gasteiger partial charge in [-0.25, -0.2) is 4.79 Å². The van der Waals surface area contributed by atoms with E-state index in [1.807, 2.05) is 0 Å². The van der Waals surface area contributed by atoms with Gasteiger partial charge in [0.25, 0.3) is 5.56 Å². The third-order valence-corrected chi connectivity index (χ3v) is 3.33. The molecule has 0 spiro atoms. The number of ether oxygens (including phenoxy) is 1. The molecule has 2 atom stereocenters. The number of aromatic amines is 1. The average molecular weight is 269 g/mol. The maximum Gasteiger partial charge on any atom is 0.330 e. The van der Waals surface area contributed by atoms with Crippen LogP contribution in [0.25, 0.3) is 0 Å². The summed E-state index contributed by atoms with van der Waals surface area (Å²) in [5.74, 6) is 0. The Morgan fingerprint density at radius 1 is 1.63 bits per heavy atom. The lowest BCUT2D eigenvalue weighted by Gasteiger charge is -2.24. The van der Waals surface area contributed by atoms with E-state index in [1.165, 1.54) is 10.8 Å². The molecule has 104 valence electrons. The second-order valence-corrected chi connectivity index (χ2v) is 4.72. The molecule has 2 N–H and O–H groups in total. The van der Waals surface area contributed by atoms with Crippen LogP contribution in [0.1, 0.15) is 24.6 Å². The van der Waals surface area contributed by atoms with E-state index in [2.05, 4.69) is 10.2 Å². The normalized spacial score (nSPS) is 26.5. The zero-order chi connectivity index (χ0) is 14.0. The van der Waals surface area contributed by atoms with Gasteiger partial charge in [-0.15, -0.1) is 0 Å². The molecular formula is C11H15N3O5. The topological polar surface area (TPSA) is 114 Å². The summed E-state index contributed by atoms with van der Waals surface area (Å²) in [5.41, 5.74) is -1.66. The summed E-state index contributed by atoms with van der Waals surface area (Å²) in [6, 6.07) is 0. The number of nitroso groups, excluding NO2 is 1. The molecule has 0 bridgehead atoms. The van der Waals surface area contributed by atoms with Crippen LogP contribution in [0.4, 0.5) is 0 Å². The summed E-state index contributed by atoms with van der Waals surface area (Å²) in [5, 5.41) is 12.1. The molecule has 0 aromatic carbocycles. The van der Waals surface area contributed by atoms with E-state index in [0.29, 0.717) is 18.4 Å². The summed E-state index contributed by atoms with van der Waals surface area (Å²) >= 11 is 0. The Morgan fingerprint density at radius 3 is 3.00 bits per heavy atom. The molecule has 1 aliphatic heterocycles. The fourth-order valence-electron chi connectivity index (χ4n) is 2.19. The van der Waals surface area contributed by atoms with E-state index in [9.17, 15) is 19.6 Å². The van der Waals surface area contributed by atoms with Gasteiger partial charge in [0.1, 0.15) is 18.4 Å². The lowest BCUT2D eigenvalue weighted by atomic mass is 10.0. The van der Waals surface area contributed by atoms with Gasteiger partial charge in [-0.3, -0.25) is 14.3 Å². The highest BCUT2D eigenvalue weighted by Gasteiger charge is 2.41. The molecule has 0 radical (unpaired) electrons. The summed E-state index contributed by atoms with van der Waals surface area (Å²) < 4.78 is 6.86. The Bertz CT molecular complexity index is 593. The van der Waals surface area contributed by atoms with Gasteiger partial charge in [0.05, 0.1) is 6.61 Å². The molecule has 1 aromatic heterocycles. The van der Waals surface area contributed by atoms with E-state index in [0.717, 1.165) is 0 Å². The zero-order valence-electron chi connectivity index (χ0n) is 10.5. The number of nitrogens with zero attached hydrogens (tertiary/aromatic N) is 2. The zero-order valence-corrected chi connectivity index (χ0v) is 10.5. The van der Waals surface area contributed by atoms with Gasteiger partial charge < -0.3 is 9.84 Å². The number of aryl methyl sites for hydroxylation is 1. The largest absolute Gasteiger partial charge is 0.393 e. The molecule has 8 heteroatoms. The maximum atomic E-state index is 11.7. The Hall–Kier alpha value is -1.80. The third-order valence-electron chi connectivity index (χ3n) is 3.33. The second-order valence-electron chi connectivity index (χ2n) is 4.72. The van der Waals surface area contributed by atoms with E-state index >= 15 is 0 Å². The first-order valence-electron chi connectivity index (χ1n) is 5.91. The molecule has 2 heterocycles. The maximum absolute atomic E-state index is 11.7. The number of nitrogens with one attached hydrogen (secondary N) is 1. The number of hydrogen-bond acceptors (Lipinski definition) is 6. The Balaban J connectivity index is 2.31.